The highest BCUT2D eigenvalue weighted by molar-refractivity contribution is 5.95. The van der Waals surface area contributed by atoms with E-state index < -0.39 is 0 Å². The Morgan fingerprint density at radius 2 is 1.83 bits per heavy atom. The van der Waals surface area contributed by atoms with Gasteiger partial charge in [-0.2, -0.15) is 0 Å². The van der Waals surface area contributed by atoms with Crippen LogP contribution in [0.1, 0.15) is 43.6 Å². The number of carbonyl (C=O) groups is 3. The van der Waals surface area contributed by atoms with Gasteiger partial charge in [0.05, 0.1) is 20.1 Å². The van der Waals surface area contributed by atoms with Crippen LogP contribution in [0.3, 0.4) is 0 Å². The minimum atomic E-state index is -0.347. The van der Waals surface area contributed by atoms with Crippen LogP contribution >= 0.6 is 0 Å². The van der Waals surface area contributed by atoms with E-state index in [0.717, 1.165) is 0 Å². The van der Waals surface area contributed by atoms with Crippen molar-refractivity contribution in [3.63, 3.8) is 0 Å². The zero-order valence-corrected chi connectivity index (χ0v) is 15.2. The first kappa shape index (κ1) is 19.7. The SMILES string of the molecule is COc1ccc(C(C)=O)cc1CC(=O)N(C)CC(=O)NC(C)(C)C. The standard InChI is InChI=1S/C18H26N2O4/c1-12(21)13-7-8-15(24-6)14(9-13)10-17(23)20(5)11-16(22)19-18(2,3)4/h7-9H,10-11H2,1-6H3,(H,19,22). The Bertz CT molecular complexity index is 632. The Balaban J connectivity index is 2.81. The van der Waals surface area contributed by atoms with Crippen molar-refractivity contribution in [3.8, 4) is 5.75 Å². The normalized spacial score (nSPS) is 10.9. The first-order chi connectivity index (χ1) is 11.0. The second-order valence-corrected chi connectivity index (χ2v) is 6.81. The number of ketones is 1. The molecule has 0 saturated carbocycles. The Kier molecular flexibility index (Phi) is 6.51. The summed E-state index contributed by atoms with van der Waals surface area (Å²) in [6, 6.07) is 4.99. The quantitative estimate of drug-likeness (QED) is 0.805. The number of carbonyl (C=O) groups excluding carboxylic acids is 3. The summed E-state index contributed by atoms with van der Waals surface area (Å²) in [5.74, 6) is 0.0195. The number of Topliss-reactive ketones (excluding diaryl/α,β-unsaturated/α-hetero) is 1. The first-order valence-electron chi connectivity index (χ1n) is 7.76. The molecule has 0 spiro atoms. The zero-order valence-electron chi connectivity index (χ0n) is 15.2. The molecular weight excluding hydrogens is 308 g/mol. The molecule has 0 bridgehead atoms. The molecule has 1 aromatic rings. The Labute approximate surface area is 143 Å². The number of ether oxygens (including phenoxy) is 1. The molecule has 1 rings (SSSR count). The molecule has 0 fully saturated rings. The third-order valence-corrected chi connectivity index (χ3v) is 3.35. The van der Waals surface area contributed by atoms with E-state index in [2.05, 4.69) is 5.32 Å². The molecule has 0 aliphatic heterocycles. The van der Waals surface area contributed by atoms with Crippen LogP contribution in [0, 0.1) is 0 Å². The maximum Gasteiger partial charge on any atom is 0.240 e. The Morgan fingerprint density at radius 1 is 1.21 bits per heavy atom. The van der Waals surface area contributed by atoms with Crippen molar-refractivity contribution in [2.75, 3.05) is 20.7 Å². The molecule has 0 unspecified atom stereocenters. The van der Waals surface area contributed by atoms with Gasteiger partial charge < -0.3 is 15.0 Å². The predicted octanol–water partition coefficient (Wildman–Crippen LogP) is 1.81. The van der Waals surface area contributed by atoms with Crippen LogP contribution in [0.15, 0.2) is 18.2 Å². The number of hydrogen-bond donors (Lipinski definition) is 1. The first-order valence-corrected chi connectivity index (χ1v) is 7.76. The Morgan fingerprint density at radius 3 is 2.33 bits per heavy atom. The maximum atomic E-state index is 12.4. The van der Waals surface area contributed by atoms with Crippen LogP contribution < -0.4 is 10.1 Å². The third kappa shape index (κ3) is 6.02. The lowest BCUT2D eigenvalue weighted by Crippen LogP contribution is -2.46. The number of nitrogens with one attached hydrogen (secondary N) is 1. The minimum Gasteiger partial charge on any atom is -0.496 e. The average Bonchev–Trinajstić information content (AvgIpc) is 2.44. The van der Waals surface area contributed by atoms with Gasteiger partial charge in [0.25, 0.3) is 0 Å². The number of likely N-dealkylation sites (N-methyl/N-ethyl adjacent to an activating group) is 1. The van der Waals surface area contributed by atoms with Gasteiger partial charge in [-0.3, -0.25) is 14.4 Å². The highest BCUT2D eigenvalue weighted by Crippen LogP contribution is 2.21. The van der Waals surface area contributed by atoms with E-state index in [1.165, 1.54) is 18.9 Å². The summed E-state index contributed by atoms with van der Waals surface area (Å²) in [5.41, 5.74) is 0.796. The van der Waals surface area contributed by atoms with Crippen molar-refractivity contribution < 1.29 is 19.1 Å². The molecule has 6 heteroatoms. The molecule has 24 heavy (non-hydrogen) atoms. The minimum absolute atomic E-state index is 0.0230. The fourth-order valence-corrected chi connectivity index (χ4v) is 2.19. The Hall–Kier alpha value is -2.37. The van der Waals surface area contributed by atoms with Gasteiger partial charge in [-0.15, -0.1) is 0 Å². The molecule has 0 aliphatic rings. The molecule has 2 amide bonds. The van der Waals surface area contributed by atoms with E-state index in [9.17, 15) is 14.4 Å². The third-order valence-electron chi connectivity index (χ3n) is 3.35. The topological polar surface area (TPSA) is 75.7 Å². The summed E-state index contributed by atoms with van der Waals surface area (Å²) in [4.78, 5) is 37.2. The summed E-state index contributed by atoms with van der Waals surface area (Å²) in [6.45, 7) is 7.09. The zero-order chi connectivity index (χ0) is 18.5. The number of amides is 2. The summed E-state index contributed by atoms with van der Waals surface area (Å²) in [7, 11) is 3.09. The van der Waals surface area contributed by atoms with Gasteiger partial charge >= 0.3 is 0 Å². The second kappa shape index (κ2) is 7.95. The van der Waals surface area contributed by atoms with Crippen LogP contribution in [-0.2, 0) is 16.0 Å². The molecule has 0 heterocycles. The lowest BCUT2D eigenvalue weighted by molar-refractivity contribution is -0.134. The summed E-state index contributed by atoms with van der Waals surface area (Å²) < 4.78 is 5.25. The molecule has 0 aliphatic carbocycles. The molecule has 0 atom stereocenters. The highest BCUT2D eigenvalue weighted by Gasteiger charge is 2.19. The fourth-order valence-electron chi connectivity index (χ4n) is 2.19. The molecule has 6 nitrogen and oxygen atoms in total. The van der Waals surface area contributed by atoms with Crippen LogP contribution in [-0.4, -0.2) is 48.7 Å². The molecule has 0 radical (unpaired) electrons. The van der Waals surface area contributed by atoms with Crippen LogP contribution in [0.2, 0.25) is 0 Å². The summed E-state index contributed by atoms with van der Waals surface area (Å²) >= 11 is 0. The van der Waals surface area contributed by atoms with E-state index in [1.807, 2.05) is 20.8 Å². The number of hydrogen-bond acceptors (Lipinski definition) is 4. The monoisotopic (exact) mass is 334 g/mol. The predicted molar refractivity (Wildman–Crippen MR) is 92.2 cm³/mol. The van der Waals surface area contributed by atoms with Gasteiger partial charge in [-0.05, 0) is 45.9 Å². The van der Waals surface area contributed by atoms with Crippen molar-refractivity contribution >= 4 is 17.6 Å². The van der Waals surface area contributed by atoms with Crippen LogP contribution in [0.25, 0.3) is 0 Å². The van der Waals surface area contributed by atoms with E-state index in [0.29, 0.717) is 16.9 Å². The van der Waals surface area contributed by atoms with E-state index in [-0.39, 0.29) is 36.1 Å². The smallest absolute Gasteiger partial charge is 0.240 e. The van der Waals surface area contributed by atoms with Gasteiger partial charge in [-0.25, -0.2) is 0 Å². The molecule has 0 aromatic heterocycles. The van der Waals surface area contributed by atoms with Crippen molar-refractivity contribution in [1.29, 1.82) is 0 Å². The largest absolute Gasteiger partial charge is 0.496 e. The van der Waals surface area contributed by atoms with Gasteiger partial charge in [0.2, 0.25) is 11.8 Å². The maximum absolute atomic E-state index is 12.4. The molecule has 1 aromatic carbocycles. The van der Waals surface area contributed by atoms with E-state index in [1.54, 1.807) is 25.2 Å². The van der Waals surface area contributed by atoms with Crippen molar-refractivity contribution in [3.05, 3.63) is 29.3 Å². The van der Waals surface area contributed by atoms with E-state index in [4.69, 9.17) is 4.74 Å². The summed E-state index contributed by atoms with van der Waals surface area (Å²) in [5, 5.41) is 2.81. The van der Waals surface area contributed by atoms with Gasteiger partial charge in [0.1, 0.15) is 5.75 Å². The van der Waals surface area contributed by atoms with Gasteiger partial charge in [-0.1, -0.05) is 0 Å². The van der Waals surface area contributed by atoms with Crippen LogP contribution in [0.5, 0.6) is 5.75 Å². The number of nitrogens with zero attached hydrogens (tertiary/aromatic N) is 1. The van der Waals surface area contributed by atoms with E-state index >= 15 is 0 Å². The van der Waals surface area contributed by atoms with Crippen LogP contribution in [0.4, 0.5) is 0 Å². The molecular formula is C18H26N2O4. The second-order valence-electron chi connectivity index (χ2n) is 6.81. The summed E-state index contributed by atoms with van der Waals surface area (Å²) in [6.07, 6.45) is 0.0591. The molecule has 0 saturated heterocycles. The van der Waals surface area contributed by atoms with Crippen molar-refractivity contribution in [2.45, 2.75) is 39.7 Å². The lowest BCUT2D eigenvalue weighted by atomic mass is 10.0. The van der Waals surface area contributed by atoms with Gasteiger partial charge in [0.15, 0.2) is 5.78 Å². The molecule has 1 N–H and O–H groups in total. The van der Waals surface area contributed by atoms with Gasteiger partial charge in [0, 0.05) is 23.7 Å². The van der Waals surface area contributed by atoms with Crippen molar-refractivity contribution in [1.82, 2.24) is 10.2 Å². The fraction of sp³-hybridized carbons (Fsp3) is 0.500. The molecule has 132 valence electrons. The average molecular weight is 334 g/mol. The number of rotatable bonds is 6. The highest BCUT2D eigenvalue weighted by atomic mass is 16.5. The lowest BCUT2D eigenvalue weighted by Gasteiger charge is -2.23. The number of methoxy groups -OCH3 is 1. The van der Waals surface area contributed by atoms with Crippen molar-refractivity contribution in [2.24, 2.45) is 0 Å². The number of benzene rings is 1.